The summed E-state index contributed by atoms with van der Waals surface area (Å²) in [4.78, 5) is 6.91. The number of anilines is 1. The molecule has 1 N–H and O–H groups in total. The zero-order chi connectivity index (χ0) is 14.8. The molecule has 2 aromatic rings. The number of hydrogen-bond donors (Lipinski definition) is 1. The number of rotatable bonds is 3. The van der Waals surface area contributed by atoms with Crippen LogP contribution in [-0.2, 0) is 11.3 Å². The molecule has 1 aliphatic rings. The van der Waals surface area contributed by atoms with Gasteiger partial charge in [0.2, 0.25) is 0 Å². The normalized spacial score (nSPS) is 22.7. The van der Waals surface area contributed by atoms with Crippen LogP contribution < -0.4 is 4.90 Å². The number of fused-ring (bicyclic) bond motifs is 1. The van der Waals surface area contributed by atoms with Gasteiger partial charge in [-0.1, -0.05) is 31.2 Å². The molecule has 112 valence electrons. The summed E-state index contributed by atoms with van der Waals surface area (Å²) in [6.07, 6.45) is 3.14. The lowest BCUT2D eigenvalue weighted by Crippen LogP contribution is -2.44. The molecule has 2 atom stereocenters. The third-order valence-corrected chi connectivity index (χ3v) is 4.52. The van der Waals surface area contributed by atoms with Crippen molar-refractivity contribution in [2.75, 3.05) is 25.1 Å². The van der Waals surface area contributed by atoms with Gasteiger partial charge in [-0.3, -0.25) is 0 Å². The van der Waals surface area contributed by atoms with E-state index in [1.54, 1.807) is 13.3 Å². The Kier molecular flexibility index (Phi) is 4.08. The summed E-state index contributed by atoms with van der Waals surface area (Å²) in [6, 6.07) is 8.15. The second-order valence-corrected chi connectivity index (χ2v) is 5.80. The van der Waals surface area contributed by atoms with E-state index in [1.807, 2.05) is 18.2 Å². The smallest absolute Gasteiger partial charge is 0.136 e. The van der Waals surface area contributed by atoms with Gasteiger partial charge in [-0.15, -0.1) is 0 Å². The first-order chi connectivity index (χ1) is 10.2. The average molecular weight is 286 g/mol. The summed E-state index contributed by atoms with van der Waals surface area (Å²) in [5.41, 5.74) is 0.878. The zero-order valence-corrected chi connectivity index (χ0v) is 12.6. The van der Waals surface area contributed by atoms with Crippen molar-refractivity contribution < 1.29 is 9.84 Å². The number of aromatic nitrogens is 1. The van der Waals surface area contributed by atoms with E-state index in [1.165, 1.54) is 0 Å². The number of ether oxygens (including phenoxy) is 1. The Balaban J connectivity index is 2.01. The minimum Gasteiger partial charge on any atom is -0.392 e. The van der Waals surface area contributed by atoms with Crippen molar-refractivity contribution in [3.05, 3.63) is 36.0 Å². The van der Waals surface area contributed by atoms with Crippen LogP contribution in [0.15, 0.2) is 30.5 Å². The summed E-state index contributed by atoms with van der Waals surface area (Å²) in [6.45, 7) is 4.13. The summed E-state index contributed by atoms with van der Waals surface area (Å²) in [5.74, 6) is 1.57. The van der Waals surface area contributed by atoms with Gasteiger partial charge in [0.05, 0.1) is 12.7 Å². The highest BCUT2D eigenvalue weighted by molar-refractivity contribution is 5.94. The minimum absolute atomic E-state index is 0.0194. The van der Waals surface area contributed by atoms with Crippen LogP contribution in [0.25, 0.3) is 10.8 Å². The van der Waals surface area contributed by atoms with Gasteiger partial charge in [-0.25, -0.2) is 4.98 Å². The van der Waals surface area contributed by atoms with Crippen molar-refractivity contribution >= 4 is 16.6 Å². The molecule has 1 fully saturated rings. The molecule has 2 heterocycles. The fourth-order valence-corrected chi connectivity index (χ4v) is 3.15. The zero-order valence-electron chi connectivity index (χ0n) is 12.6. The Morgan fingerprint density at radius 1 is 1.33 bits per heavy atom. The van der Waals surface area contributed by atoms with Crippen molar-refractivity contribution in [2.45, 2.75) is 26.1 Å². The third kappa shape index (κ3) is 2.61. The van der Waals surface area contributed by atoms with Crippen LogP contribution in [0.3, 0.4) is 0 Å². The van der Waals surface area contributed by atoms with E-state index in [-0.39, 0.29) is 12.7 Å². The molecule has 1 saturated heterocycles. The molecule has 0 bridgehead atoms. The van der Waals surface area contributed by atoms with Crippen molar-refractivity contribution in [3.8, 4) is 0 Å². The monoisotopic (exact) mass is 286 g/mol. The van der Waals surface area contributed by atoms with E-state index < -0.39 is 0 Å². The van der Waals surface area contributed by atoms with Crippen LogP contribution in [0, 0.1) is 5.92 Å². The Bertz CT molecular complexity index is 629. The SMILES string of the molecule is COC1CN(c2ncc(CO)c3ccccc23)CCC1C. The van der Waals surface area contributed by atoms with Crippen molar-refractivity contribution in [2.24, 2.45) is 5.92 Å². The quantitative estimate of drug-likeness (QED) is 0.942. The van der Waals surface area contributed by atoms with Gasteiger partial charge in [0.15, 0.2) is 0 Å². The standard InChI is InChI=1S/C17H22N2O2/c1-12-7-8-19(10-16(12)21-2)17-15-6-4-3-5-14(15)13(11-20)9-18-17/h3-6,9,12,16,20H,7-8,10-11H2,1-2H3. The molecule has 3 rings (SSSR count). The lowest BCUT2D eigenvalue weighted by atomic mass is 9.95. The summed E-state index contributed by atoms with van der Waals surface area (Å²) in [5, 5.41) is 11.7. The summed E-state index contributed by atoms with van der Waals surface area (Å²) in [7, 11) is 1.78. The molecule has 0 radical (unpaired) electrons. The van der Waals surface area contributed by atoms with E-state index in [9.17, 15) is 5.11 Å². The third-order valence-electron chi connectivity index (χ3n) is 4.52. The largest absolute Gasteiger partial charge is 0.392 e. The topological polar surface area (TPSA) is 45.6 Å². The number of aliphatic hydroxyl groups excluding tert-OH is 1. The number of benzene rings is 1. The summed E-state index contributed by atoms with van der Waals surface area (Å²) >= 11 is 0. The number of aliphatic hydroxyl groups is 1. The van der Waals surface area contributed by atoms with Crippen LogP contribution >= 0.6 is 0 Å². The first-order valence-corrected chi connectivity index (χ1v) is 7.49. The molecular formula is C17H22N2O2. The van der Waals surface area contributed by atoms with Crippen LogP contribution in [-0.4, -0.2) is 36.4 Å². The van der Waals surface area contributed by atoms with Gasteiger partial charge < -0.3 is 14.7 Å². The fraction of sp³-hybridized carbons (Fsp3) is 0.471. The van der Waals surface area contributed by atoms with Gasteiger partial charge in [-0.05, 0) is 17.7 Å². The molecular weight excluding hydrogens is 264 g/mol. The van der Waals surface area contributed by atoms with E-state index in [2.05, 4.69) is 22.9 Å². The van der Waals surface area contributed by atoms with Gasteiger partial charge in [-0.2, -0.15) is 0 Å². The van der Waals surface area contributed by atoms with E-state index in [4.69, 9.17) is 4.74 Å². The molecule has 0 amide bonds. The van der Waals surface area contributed by atoms with Gasteiger partial charge in [0.1, 0.15) is 5.82 Å². The molecule has 1 aliphatic heterocycles. The highest BCUT2D eigenvalue weighted by atomic mass is 16.5. The van der Waals surface area contributed by atoms with E-state index in [0.29, 0.717) is 5.92 Å². The Hall–Kier alpha value is -1.65. The Labute approximate surface area is 125 Å². The molecule has 1 aromatic heterocycles. The molecule has 1 aromatic carbocycles. The number of methoxy groups -OCH3 is 1. The number of pyridine rings is 1. The predicted octanol–water partition coefficient (Wildman–Crippen LogP) is 2.59. The summed E-state index contributed by atoms with van der Waals surface area (Å²) < 4.78 is 5.60. The van der Waals surface area contributed by atoms with Gasteiger partial charge >= 0.3 is 0 Å². The highest BCUT2D eigenvalue weighted by Crippen LogP contribution is 2.30. The average Bonchev–Trinajstić information content (AvgIpc) is 2.54. The van der Waals surface area contributed by atoms with Crippen LogP contribution in [0.4, 0.5) is 5.82 Å². The first kappa shape index (κ1) is 14.3. The van der Waals surface area contributed by atoms with Crippen LogP contribution in [0.2, 0.25) is 0 Å². The maximum absolute atomic E-state index is 9.48. The lowest BCUT2D eigenvalue weighted by molar-refractivity contribution is 0.0497. The molecule has 21 heavy (non-hydrogen) atoms. The fourth-order valence-electron chi connectivity index (χ4n) is 3.15. The van der Waals surface area contributed by atoms with Gasteiger partial charge in [0, 0.05) is 37.3 Å². The maximum Gasteiger partial charge on any atom is 0.136 e. The van der Waals surface area contributed by atoms with E-state index >= 15 is 0 Å². The second kappa shape index (κ2) is 6.00. The van der Waals surface area contributed by atoms with Gasteiger partial charge in [0.25, 0.3) is 0 Å². The van der Waals surface area contributed by atoms with E-state index in [0.717, 1.165) is 41.7 Å². The number of piperidine rings is 1. The lowest BCUT2D eigenvalue weighted by Gasteiger charge is -2.37. The van der Waals surface area contributed by atoms with Crippen molar-refractivity contribution in [3.63, 3.8) is 0 Å². The Morgan fingerprint density at radius 2 is 2.10 bits per heavy atom. The molecule has 4 nitrogen and oxygen atoms in total. The van der Waals surface area contributed by atoms with Crippen molar-refractivity contribution in [1.29, 1.82) is 0 Å². The van der Waals surface area contributed by atoms with Crippen LogP contribution in [0.5, 0.6) is 0 Å². The predicted molar refractivity (Wildman–Crippen MR) is 84.5 cm³/mol. The first-order valence-electron chi connectivity index (χ1n) is 7.49. The number of hydrogen-bond acceptors (Lipinski definition) is 4. The molecule has 0 saturated carbocycles. The maximum atomic E-state index is 9.48. The Morgan fingerprint density at radius 3 is 2.81 bits per heavy atom. The molecule has 0 spiro atoms. The number of nitrogens with zero attached hydrogens (tertiary/aromatic N) is 2. The molecule has 4 heteroatoms. The molecule has 0 aliphatic carbocycles. The second-order valence-electron chi connectivity index (χ2n) is 5.80. The van der Waals surface area contributed by atoms with Crippen LogP contribution in [0.1, 0.15) is 18.9 Å². The minimum atomic E-state index is 0.0194. The van der Waals surface area contributed by atoms with Crippen molar-refractivity contribution in [1.82, 2.24) is 4.98 Å². The molecule has 2 unspecified atom stereocenters. The highest BCUT2D eigenvalue weighted by Gasteiger charge is 2.27.